The van der Waals surface area contributed by atoms with E-state index < -0.39 is 17.4 Å². The second-order valence-corrected chi connectivity index (χ2v) is 9.73. The van der Waals surface area contributed by atoms with Gasteiger partial charge in [-0.3, -0.25) is 19.4 Å². The van der Waals surface area contributed by atoms with E-state index >= 15 is 0 Å². The van der Waals surface area contributed by atoms with Gasteiger partial charge < -0.3 is 24.7 Å². The van der Waals surface area contributed by atoms with Crippen molar-refractivity contribution in [3.63, 3.8) is 0 Å². The normalized spacial score (nSPS) is 25.3. The number of ether oxygens (including phenoxy) is 1. The van der Waals surface area contributed by atoms with Crippen molar-refractivity contribution in [2.45, 2.75) is 51.7 Å². The standard InChI is InChI=1S/C22H38N4O6/c1-17(2)25-12-10-23(11-13-25)6-3-7-26-16-18(32-21(26)31)15-24-8-4-22(5-9-24,20(29)30)14-19(27)28/h17-18H,3-16H2,1-2H3,(H,27,28)(H,29,30). The zero-order valence-corrected chi connectivity index (χ0v) is 19.4. The van der Waals surface area contributed by atoms with E-state index in [1.54, 1.807) is 4.90 Å². The van der Waals surface area contributed by atoms with Crippen LogP contribution in [-0.2, 0) is 14.3 Å². The van der Waals surface area contributed by atoms with Crippen LogP contribution in [0.1, 0.15) is 39.5 Å². The number of aliphatic carboxylic acids is 2. The molecule has 0 radical (unpaired) electrons. The van der Waals surface area contributed by atoms with Crippen LogP contribution in [-0.4, -0.2) is 125 Å². The number of rotatable bonds is 10. The molecule has 0 aromatic heterocycles. The van der Waals surface area contributed by atoms with Crippen LogP contribution in [0.3, 0.4) is 0 Å². The number of carbonyl (C=O) groups is 3. The Morgan fingerprint density at radius 3 is 2.25 bits per heavy atom. The van der Waals surface area contributed by atoms with E-state index in [0.29, 0.717) is 51.6 Å². The summed E-state index contributed by atoms with van der Waals surface area (Å²) < 4.78 is 5.54. The quantitative estimate of drug-likeness (QED) is 0.496. The number of hydrogen-bond acceptors (Lipinski definition) is 7. The second kappa shape index (κ2) is 10.8. The monoisotopic (exact) mass is 454 g/mol. The van der Waals surface area contributed by atoms with Gasteiger partial charge in [0.1, 0.15) is 6.10 Å². The average molecular weight is 455 g/mol. The van der Waals surface area contributed by atoms with Crippen molar-refractivity contribution in [3.8, 4) is 0 Å². The van der Waals surface area contributed by atoms with E-state index in [4.69, 9.17) is 9.84 Å². The lowest BCUT2D eigenvalue weighted by molar-refractivity contribution is -0.159. The van der Waals surface area contributed by atoms with Crippen molar-refractivity contribution >= 4 is 18.0 Å². The highest BCUT2D eigenvalue weighted by atomic mass is 16.6. The Morgan fingerprint density at radius 2 is 1.69 bits per heavy atom. The molecule has 0 saturated carbocycles. The van der Waals surface area contributed by atoms with Gasteiger partial charge in [-0.15, -0.1) is 0 Å². The van der Waals surface area contributed by atoms with Gasteiger partial charge in [-0.2, -0.15) is 0 Å². The smallest absolute Gasteiger partial charge is 0.410 e. The van der Waals surface area contributed by atoms with Crippen LogP contribution in [0.15, 0.2) is 0 Å². The number of hydrogen-bond donors (Lipinski definition) is 2. The first-order valence-electron chi connectivity index (χ1n) is 11.8. The van der Waals surface area contributed by atoms with Crippen molar-refractivity contribution in [1.82, 2.24) is 19.6 Å². The summed E-state index contributed by atoms with van der Waals surface area (Å²) in [7, 11) is 0. The fourth-order valence-electron chi connectivity index (χ4n) is 5.05. The first-order valence-corrected chi connectivity index (χ1v) is 11.8. The molecule has 1 atom stereocenters. The number of nitrogens with zero attached hydrogens (tertiary/aromatic N) is 4. The minimum absolute atomic E-state index is 0.228. The summed E-state index contributed by atoms with van der Waals surface area (Å²) in [5, 5.41) is 18.6. The Hall–Kier alpha value is -1.91. The highest BCUT2D eigenvalue weighted by molar-refractivity contribution is 5.81. The van der Waals surface area contributed by atoms with Gasteiger partial charge in [-0.1, -0.05) is 0 Å². The van der Waals surface area contributed by atoms with Crippen molar-refractivity contribution in [2.24, 2.45) is 5.41 Å². The van der Waals surface area contributed by atoms with E-state index in [2.05, 4.69) is 28.5 Å². The highest BCUT2D eigenvalue weighted by Crippen LogP contribution is 2.35. The largest absolute Gasteiger partial charge is 0.481 e. The van der Waals surface area contributed by atoms with Crippen molar-refractivity contribution in [2.75, 3.05) is 65.4 Å². The van der Waals surface area contributed by atoms with Crippen LogP contribution in [0.25, 0.3) is 0 Å². The molecule has 0 spiro atoms. The van der Waals surface area contributed by atoms with E-state index in [1.165, 1.54) is 0 Å². The summed E-state index contributed by atoms with van der Waals surface area (Å²) in [5.74, 6) is -2.12. The Labute approximate surface area is 190 Å². The zero-order chi connectivity index (χ0) is 23.3. The van der Waals surface area contributed by atoms with Gasteiger partial charge in [0.2, 0.25) is 0 Å². The molecule has 1 amide bonds. The van der Waals surface area contributed by atoms with Crippen LogP contribution in [0.2, 0.25) is 0 Å². The maximum atomic E-state index is 12.3. The van der Waals surface area contributed by atoms with Gasteiger partial charge >= 0.3 is 18.0 Å². The third kappa shape index (κ3) is 6.32. The SMILES string of the molecule is CC(C)N1CCN(CCCN2CC(CN3CCC(CC(=O)O)(C(=O)O)CC3)OC2=O)CC1. The number of amides is 1. The van der Waals surface area contributed by atoms with E-state index in [-0.39, 0.29) is 18.6 Å². The Bertz CT molecular complexity index is 671. The molecule has 10 heteroatoms. The predicted octanol–water partition coefficient (Wildman–Crippen LogP) is 0.865. The summed E-state index contributed by atoms with van der Waals surface area (Å²) >= 11 is 0. The molecular weight excluding hydrogens is 416 g/mol. The summed E-state index contributed by atoms with van der Waals surface area (Å²) in [6, 6.07) is 0.589. The van der Waals surface area contributed by atoms with Crippen molar-refractivity contribution < 1.29 is 29.3 Å². The number of cyclic esters (lactones) is 1. The lowest BCUT2D eigenvalue weighted by Gasteiger charge is -2.38. The Balaban J connectivity index is 1.36. The van der Waals surface area contributed by atoms with Crippen LogP contribution in [0.5, 0.6) is 0 Å². The first kappa shape index (κ1) is 24.7. The molecule has 10 nitrogen and oxygen atoms in total. The molecule has 3 rings (SSSR count). The highest BCUT2D eigenvalue weighted by Gasteiger charge is 2.44. The number of piperidine rings is 1. The van der Waals surface area contributed by atoms with E-state index in [1.807, 2.05) is 0 Å². The fraction of sp³-hybridized carbons (Fsp3) is 0.864. The average Bonchev–Trinajstić information content (AvgIpc) is 3.08. The van der Waals surface area contributed by atoms with Crippen LogP contribution < -0.4 is 0 Å². The second-order valence-electron chi connectivity index (χ2n) is 9.73. The topological polar surface area (TPSA) is 114 Å². The third-order valence-corrected chi connectivity index (χ3v) is 7.21. The molecule has 3 fully saturated rings. The zero-order valence-electron chi connectivity index (χ0n) is 19.4. The van der Waals surface area contributed by atoms with Gasteiger partial charge in [0.25, 0.3) is 0 Å². The maximum Gasteiger partial charge on any atom is 0.410 e. The van der Waals surface area contributed by atoms with E-state index in [0.717, 1.165) is 39.1 Å². The molecule has 0 bridgehead atoms. The molecule has 182 valence electrons. The molecule has 32 heavy (non-hydrogen) atoms. The Morgan fingerprint density at radius 1 is 1.03 bits per heavy atom. The summed E-state index contributed by atoms with van der Waals surface area (Å²) in [5.41, 5.74) is -1.19. The maximum absolute atomic E-state index is 12.3. The minimum atomic E-state index is -1.19. The summed E-state index contributed by atoms with van der Waals surface area (Å²) in [6.07, 6.45) is 0.654. The lowest BCUT2D eigenvalue weighted by atomic mass is 9.75. The number of carboxylic acid groups (broad SMARTS) is 2. The fourth-order valence-corrected chi connectivity index (χ4v) is 5.05. The number of carbonyl (C=O) groups excluding carboxylic acids is 1. The van der Waals surface area contributed by atoms with Crippen LogP contribution in [0.4, 0.5) is 4.79 Å². The van der Waals surface area contributed by atoms with Crippen molar-refractivity contribution in [3.05, 3.63) is 0 Å². The molecule has 3 heterocycles. The Kier molecular flexibility index (Phi) is 8.35. The molecule has 3 saturated heterocycles. The van der Waals surface area contributed by atoms with Crippen molar-refractivity contribution in [1.29, 1.82) is 0 Å². The molecule has 0 aromatic rings. The molecular formula is C22H38N4O6. The van der Waals surface area contributed by atoms with Gasteiger partial charge in [0.05, 0.1) is 18.4 Å². The summed E-state index contributed by atoms with van der Waals surface area (Å²) in [4.78, 5) is 43.8. The predicted molar refractivity (Wildman–Crippen MR) is 118 cm³/mol. The number of likely N-dealkylation sites (tertiary alicyclic amines) is 1. The van der Waals surface area contributed by atoms with Gasteiger partial charge in [0, 0.05) is 45.3 Å². The molecule has 1 unspecified atom stereocenters. The number of carboxylic acids is 2. The third-order valence-electron chi connectivity index (χ3n) is 7.21. The molecule has 0 aliphatic carbocycles. The number of piperazine rings is 1. The lowest BCUT2D eigenvalue weighted by Crippen LogP contribution is -2.49. The van der Waals surface area contributed by atoms with E-state index in [9.17, 15) is 19.5 Å². The minimum Gasteiger partial charge on any atom is -0.481 e. The molecule has 3 aliphatic heterocycles. The summed E-state index contributed by atoms with van der Waals surface area (Å²) in [6.45, 7) is 12.5. The van der Waals surface area contributed by atoms with Gasteiger partial charge in [-0.05, 0) is 52.7 Å². The van der Waals surface area contributed by atoms with Gasteiger partial charge in [-0.25, -0.2) is 4.79 Å². The van der Waals surface area contributed by atoms with Crippen LogP contribution in [0, 0.1) is 5.41 Å². The molecule has 3 aliphatic rings. The molecule has 0 aromatic carbocycles. The van der Waals surface area contributed by atoms with Crippen LogP contribution >= 0.6 is 0 Å². The van der Waals surface area contributed by atoms with Gasteiger partial charge in [0.15, 0.2) is 0 Å². The molecule has 2 N–H and O–H groups in total. The first-order chi connectivity index (χ1) is 15.2.